The lowest BCUT2D eigenvalue weighted by atomic mass is 10.1. The summed E-state index contributed by atoms with van der Waals surface area (Å²) in [5.74, 6) is 0. The third-order valence-electron chi connectivity index (χ3n) is 1.55. The van der Waals surface area contributed by atoms with E-state index in [1.807, 2.05) is 18.3 Å². The fraction of sp³-hybridized carbons (Fsp3) is 1.00. The first-order valence-electron chi connectivity index (χ1n) is 3.74. The Balaban J connectivity index is 3.26. The summed E-state index contributed by atoms with van der Waals surface area (Å²) in [5, 5.41) is 9.68. The normalized spacial score (nSPS) is 16.8. The molecule has 0 aromatic rings. The van der Waals surface area contributed by atoms with Crippen molar-refractivity contribution in [3.8, 4) is 0 Å². The van der Waals surface area contributed by atoms with E-state index in [0.717, 1.165) is 12.8 Å². The Hall–Kier alpha value is 0.740. The van der Waals surface area contributed by atoms with Crippen LogP contribution >= 0.6 is 19.8 Å². The first kappa shape index (κ1) is 10.7. The lowest BCUT2D eigenvalue weighted by Gasteiger charge is -2.11. The van der Waals surface area contributed by atoms with Crippen LogP contribution in [0.5, 0.6) is 0 Å². The second-order valence-electron chi connectivity index (χ2n) is 2.59. The first-order chi connectivity index (χ1) is 4.70. The molecule has 0 heterocycles. The molecule has 10 heavy (non-hydrogen) atoms. The molecule has 0 spiro atoms. The molecule has 0 amide bonds. The lowest BCUT2D eigenvalue weighted by Crippen LogP contribution is -2.05. The van der Waals surface area contributed by atoms with Crippen molar-refractivity contribution >= 4 is 19.8 Å². The predicted octanol–water partition coefficient (Wildman–Crippen LogP) is 2.45. The highest BCUT2D eigenvalue weighted by Gasteiger charge is 2.05. The van der Waals surface area contributed by atoms with Gasteiger partial charge in [-0.15, -0.1) is 11.4 Å². The summed E-state index contributed by atoms with van der Waals surface area (Å²) in [6.45, 7) is 4.03. The lowest BCUT2D eigenvalue weighted by molar-refractivity contribution is 0.181. The van der Waals surface area contributed by atoms with E-state index in [9.17, 15) is 0 Å². The zero-order valence-electron chi connectivity index (χ0n) is 6.71. The number of aliphatic hydroxyl groups is 1. The zero-order valence-corrected chi connectivity index (χ0v) is 8.68. The molecule has 1 nitrogen and oxygen atoms in total. The molecule has 62 valence electrons. The van der Waals surface area contributed by atoms with Gasteiger partial charge in [0.15, 0.2) is 0 Å². The average molecular weight is 180 g/mol. The van der Waals surface area contributed by atoms with Crippen LogP contribution < -0.4 is 0 Å². The van der Waals surface area contributed by atoms with Crippen LogP contribution in [0.3, 0.4) is 0 Å². The molecule has 0 fully saturated rings. The average Bonchev–Trinajstić information content (AvgIpc) is 1.90. The number of rotatable bonds is 5. The summed E-state index contributed by atoms with van der Waals surface area (Å²) < 4.78 is 0. The van der Waals surface area contributed by atoms with Crippen molar-refractivity contribution in [1.82, 2.24) is 0 Å². The smallest absolute Gasteiger partial charge is 0.0512 e. The minimum absolute atomic E-state index is 0.133. The maximum absolute atomic E-state index is 8.98. The zero-order chi connectivity index (χ0) is 7.98. The van der Waals surface area contributed by atoms with E-state index in [2.05, 4.69) is 15.4 Å². The molecule has 0 aromatic heterocycles. The number of aliphatic hydroxyl groups excluding tert-OH is 1. The van der Waals surface area contributed by atoms with Crippen LogP contribution in [0, 0.1) is 0 Å². The van der Waals surface area contributed by atoms with Gasteiger partial charge in [0.05, 0.1) is 6.10 Å². The van der Waals surface area contributed by atoms with E-state index in [1.54, 1.807) is 0 Å². The topological polar surface area (TPSA) is 20.2 Å². The van der Waals surface area contributed by atoms with Crippen molar-refractivity contribution in [2.24, 2.45) is 0 Å². The monoisotopic (exact) mass is 180 g/mol. The first-order valence-corrected chi connectivity index (χ1v) is 6.10. The van der Waals surface area contributed by atoms with E-state index in [1.165, 1.54) is 6.42 Å². The Morgan fingerprint density at radius 2 is 2.10 bits per heavy atom. The molecule has 0 saturated heterocycles. The molecule has 3 atom stereocenters. The summed E-state index contributed by atoms with van der Waals surface area (Å²) in [5.41, 5.74) is 0. The van der Waals surface area contributed by atoms with Crippen LogP contribution in [0.1, 0.15) is 33.1 Å². The second-order valence-corrected chi connectivity index (χ2v) is 4.35. The standard InChI is InChI=1S/C7H17OPS/c1-3-7(10-9)5-4-6(2)8/h6-8H,3-5,9H2,1-2H3. The molecule has 3 unspecified atom stereocenters. The predicted molar refractivity (Wildman–Crippen MR) is 52.3 cm³/mol. The Labute approximate surface area is 69.9 Å². The molecule has 3 heteroatoms. The highest BCUT2D eigenvalue weighted by atomic mass is 32.7. The van der Waals surface area contributed by atoms with Gasteiger partial charge in [0.2, 0.25) is 0 Å². The van der Waals surface area contributed by atoms with Crippen molar-refractivity contribution in [3.05, 3.63) is 0 Å². The van der Waals surface area contributed by atoms with Gasteiger partial charge in [-0.2, -0.15) is 0 Å². The van der Waals surface area contributed by atoms with Gasteiger partial charge >= 0.3 is 0 Å². The maximum Gasteiger partial charge on any atom is 0.0512 e. The number of hydrogen-bond acceptors (Lipinski definition) is 2. The molecule has 0 aliphatic rings. The van der Waals surface area contributed by atoms with Crippen LogP contribution in [0.25, 0.3) is 0 Å². The minimum atomic E-state index is -0.133. The van der Waals surface area contributed by atoms with Gasteiger partial charge in [-0.25, -0.2) is 0 Å². The summed E-state index contributed by atoms with van der Waals surface area (Å²) in [4.78, 5) is 0. The van der Waals surface area contributed by atoms with E-state index in [0.29, 0.717) is 5.25 Å². The third-order valence-corrected chi connectivity index (χ3v) is 3.66. The van der Waals surface area contributed by atoms with Gasteiger partial charge in [-0.05, 0) is 26.2 Å². The Kier molecular flexibility index (Phi) is 6.93. The van der Waals surface area contributed by atoms with Crippen molar-refractivity contribution in [3.63, 3.8) is 0 Å². The second kappa shape index (κ2) is 6.45. The number of hydrogen-bond donors (Lipinski definition) is 1. The van der Waals surface area contributed by atoms with Crippen LogP contribution in [0.4, 0.5) is 0 Å². The van der Waals surface area contributed by atoms with E-state index < -0.39 is 0 Å². The Bertz CT molecular complexity index is 74.0. The summed E-state index contributed by atoms with van der Waals surface area (Å²) in [6, 6.07) is 0. The quantitative estimate of drug-likeness (QED) is 0.656. The van der Waals surface area contributed by atoms with Crippen molar-refractivity contribution in [2.45, 2.75) is 44.5 Å². The highest BCUT2D eigenvalue weighted by molar-refractivity contribution is 8.44. The Morgan fingerprint density at radius 3 is 2.40 bits per heavy atom. The molecule has 1 N–H and O–H groups in total. The van der Waals surface area contributed by atoms with Crippen molar-refractivity contribution < 1.29 is 5.11 Å². The molecular weight excluding hydrogens is 163 g/mol. The Morgan fingerprint density at radius 1 is 1.50 bits per heavy atom. The van der Waals surface area contributed by atoms with Crippen LogP contribution in [0.15, 0.2) is 0 Å². The molecule has 0 aliphatic carbocycles. The van der Waals surface area contributed by atoms with Crippen LogP contribution in [-0.2, 0) is 0 Å². The van der Waals surface area contributed by atoms with Gasteiger partial charge in [-0.1, -0.05) is 15.4 Å². The highest BCUT2D eigenvalue weighted by Crippen LogP contribution is 2.25. The molecule has 0 saturated carbocycles. The third kappa shape index (κ3) is 5.52. The molecule has 0 aromatic carbocycles. The van der Waals surface area contributed by atoms with Crippen molar-refractivity contribution in [2.75, 3.05) is 0 Å². The van der Waals surface area contributed by atoms with Gasteiger partial charge in [0, 0.05) is 5.25 Å². The van der Waals surface area contributed by atoms with Crippen molar-refractivity contribution in [1.29, 1.82) is 0 Å². The molecular formula is C7H17OPS. The van der Waals surface area contributed by atoms with Gasteiger partial charge in [-0.3, -0.25) is 0 Å². The maximum atomic E-state index is 8.98. The molecule has 0 aliphatic heterocycles. The fourth-order valence-electron chi connectivity index (χ4n) is 0.795. The largest absolute Gasteiger partial charge is 0.393 e. The van der Waals surface area contributed by atoms with Crippen LogP contribution in [0.2, 0.25) is 0 Å². The fourth-order valence-corrected chi connectivity index (χ4v) is 2.25. The summed E-state index contributed by atoms with van der Waals surface area (Å²) in [7, 11) is 2.68. The summed E-state index contributed by atoms with van der Waals surface area (Å²) >= 11 is 1.82. The van der Waals surface area contributed by atoms with Crippen LogP contribution in [-0.4, -0.2) is 16.5 Å². The molecule has 0 rings (SSSR count). The van der Waals surface area contributed by atoms with Gasteiger partial charge in [0.1, 0.15) is 0 Å². The molecule has 0 bridgehead atoms. The van der Waals surface area contributed by atoms with E-state index >= 15 is 0 Å². The van der Waals surface area contributed by atoms with Gasteiger partial charge < -0.3 is 5.11 Å². The van der Waals surface area contributed by atoms with E-state index in [4.69, 9.17) is 5.11 Å². The van der Waals surface area contributed by atoms with Gasteiger partial charge in [0.25, 0.3) is 0 Å². The minimum Gasteiger partial charge on any atom is -0.393 e. The SMILES string of the molecule is CCC(CCC(C)O)SP. The molecule has 0 radical (unpaired) electrons. The summed E-state index contributed by atoms with van der Waals surface area (Å²) in [6.07, 6.45) is 3.12. The van der Waals surface area contributed by atoms with E-state index in [-0.39, 0.29) is 6.10 Å².